The highest BCUT2D eigenvalue weighted by Crippen LogP contribution is 2.38. The molecule has 0 aliphatic carbocycles. The van der Waals surface area contributed by atoms with Gasteiger partial charge in [0.2, 0.25) is 0 Å². The average Bonchev–Trinajstić information content (AvgIpc) is 3.07. The summed E-state index contributed by atoms with van der Waals surface area (Å²) in [5.74, 6) is 0. The minimum absolute atomic E-state index is 0.790. The number of hydrogen-bond acceptors (Lipinski definition) is 5. The van der Waals surface area contributed by atoms with Crippen LogP contribution in [0.3, 0.4) is 0 Å². The zero-order chi connectivity index (χ0) is 27.6. The Morgan fingerprint density at radius 2 is 1.10 bits per heavy atom. The number of para-hydroxylation sites is 1. The summed E-state index contributed by atoms with van der Waals surface area (Å²) >= 11 is 0. The SMILES string of the molecule is c1ccc(-c2ccc3ccc4ccc(-c5nc6ccccc6c6c5cnc5c6ccc6cccnc65)nc4c3n2)cc1. The normalized spacial score (nSPS) is 11.8. The first-order valence-corrected chi connectivity index (χ1v) is 13.9. The van der Waals surface area contributed by atoms with Gasteiger partial charge in [-0.2, -0.15) is 0 Å². The Kier molecular flexibility index (Phi) is 4.83. The molecule has 0 unspecified atom stereocenters. The Balaban J connectivity index is 1.35. The van der Waals surface area contributed by atoms with E-state index in [2.05, 4.69) is 89.9 Å². The van der Waals surface area contributed by atoms with Gasteiger partial charge in [-0.1, -0.05) is 91.0 Å². The lowest BCUT2D eigenvalue weighted by Gasteiger charge is -2.13. The molecule has 0 N–H and O–H groups in total. The van der Waals surface area contributed by atoms with Gasteiger partial charge in [-0.25, -0.2) is 15.0 Å². The van der Waals surface area contributed by atoms with E-state index in [0.717, 1.165) is 87.9 Å². The fourth-order valence-corrected chi connectivity index (χ4v) is 6.10. The van der Waals surface area contributed by atoms with E-state index >= 15 is 0 Å². The first-order valence-electron chi connectivity index (χ1n) is 13.9. The van der Waals surface area contributed by atoms with Gasteiger partial charge in [-0.3, -0.25) is 9.97 Å². The third-order valence-corrected chi connectivity index (χ3v) is 8.10. The quantitative estimate of drug-likeness (QED) is 0.207. The van der Waals surface area contributed by atoms with E-state index < -0.39 is 0 Å². The third kappa shape index (κ3) is 3.40. The zero-order valence-electron chi connectivity index (χ0n) is 22.4. The van der Waals surface area contributed by atoms with Crippen LogP contribution in [0.4, 0.5) is 0 Å². The van der Waals surface area contributed by atoms with Gasteiger partial charge in [-0.05, 0) is 24.3 Å². The minimum Gasteiger partial charge on any atom is -0.254 e. The Hall–Kier alpha value is -5.81. The first kappa shape index (κ1) is 22.9. The summed E-state index contributed by atoms with van der Waals surface area (Å²) in [5, 5.41) is 7.36. The van der Waals surface area contributed by atoms with Crippen molar-refractivity contribution in [3.05, 3.63) is 128 Å². The van der Waals surface area contributed by atoms with E-state index in [0.29, 0.717) is 0 Å². The number of nitrogens with zero attached hydrogens (tertiary/aromatic N) is 5. The second kappa shape index (κ2) is 8.85. The lowest BCUT2D eigenvalue weighted by molar-refractivity contribution is 1.32. The molecular weight excluding hydrogens is 514 g/mol. The summed E-state index contributed by atoms with van der Waals surface area (Å²) in [4.78, 5) is 25.1. The van der Waals surface area contributed by atoms with Gasteiger partial charge in [0.05, 0.1) is 44.7 Å². The number of fused-ring (bicyclic) bond motifs is 10. The number of hydrogen-bond donors (Lipinski definition) is 0. The van der Waals surface area contributed by atoms with Crippen molar-refractivity contribution < 1.29 is 0 Å². The van der Waals surface area contributed by atoms with Gasteiger partial charge in [0.25, 0.3) is 0 Å². The fourth-order valence-electron chi connectivity index (χ4n) is 6.10. The summed E-state index contributed by atoms with van der Waals surface area (Å²) in [6.45, 7) is 0. The molecule has 0 saturated carbocycles. The number of pyridine rings is 5. The summed E-state index contributed by atoms with van der Waals surface area (Å²) < 4.78 is 0. The van der Waals surface area contributed by atoms with E-state index in [-0.39, 0.29) is 0 Å². The van der Waals surface area contributed by atoms with Crippen LogP contribution in [0.2, 0.25) is 0 Å². The van der Waals surface area contributed by atoms with Crippen molar-refractivity contribution in [2.75, 3.05) is 0 Å². The summed E-state index contributed by atoms with van der Waals surface area (Å²) in [6, 6.07) is 39.4. The van der Waals surface area contributed by atoms with E-state index in [1.54, 1.807) is 0 Å². The van der Waals surface area contributed by atoms with Crippen LogP contribution in [0.25, 0.3) is 87.9 Å². The van der Waals surface area contributed by atoms with Crippen molar-refractivity contribution in [2.24, 2.45) is 0 Å². The zero-order valence-corrected chi connectivity index (χ0v) is 22.4. The molecule has 0 spiro atoms. The van der Waals surface area contributed by atoms with Crippen molar-refractivity contribution in [1.82, 2.24) is 24.9 Å². The Morgan fingerprint density at radius 3 is 1.95 bits per heavy atom. The second-order valence-corrected chi connectivity index (χ2v) is 10.5. The molecule has 5 heteroatoms. The maximum absolute atomic E-state index is 5.23. The molecule has 0 radical (unpaired) electrons. The highest BCUT2D eigenvalue weighted by atomic mass is 14.8. The van der Waals surface area contributed by atoms with E-state index in [9.17, 15) is 0 Å². The maximum atomic E-state index is 5.23. The monoisotopic (exact) mass is 535 g/mol. The van der Waals surface area contributed by atoms with Gasteiger partial charge in [0.15, 0.2) is 0 Å². The summed E-state index contributed by atoms with van der Waals surface area (Å²) in [7, 11) is 0. The molecule has 9 rings (SSSR count). The van der Waals surface area contributed by atoms with Crippen molar-refractivity contribution in [2.45, 2.75) is 0 Å². The topological polar surface area (TPSA) is 64.5 Å². The van der Waals surface area contributed by atoms with Crippen LogP contribution >= 0.6 is 0 Å². The molecule has 0 aliphatic heterocycles. The standard InChI is InChI=1S/C37H21N5/c1-2-7-22(8-3-1)29-18-15-24-12-13-25-16-19-31(42-35(25)34(24)40-29)36-28-21-39-37-27(17-14-23-9-6-20-38-33(23)37)32(28)26-10-4-5-11-30(26)41-36/h1-21H. The molecule has 0 amide bonds. The molecular formula is C37H21N5. The highest BCUT2D eigenvalue weighted by Gasteiger charge is 2.17. The van der Waals surface area contributed by atoms with Gasteiger partial charge in [0, 0.05) is 55.7 Å². The Morgan fingerprint density at radius 1 is 0.405 bits per heavy atom. The highest BCUT2D eigenvalue weighted by molar-refractivity contribution is 6.24. The first-order chi connectivity index (χ1) is 20.8. The Bertz CT molecular complexity index is 2520. The molecule has 0 saturated heterocycles. The molecule has 42 heavy (non-hydrogen) atoms. The van der Waals surface area contributed by atoms with Crippen molar-refractivity contribution in [3.8, 4) is 22.6 Å². The van der Waals surface area contributed by atoms with Crippen LogP contribution in [0.1, 0.15) is 0 Å². The number of benzene rings is 4. The van der Waals surface area contributed by atoms with Crippen molar-refractivity contribution in [1.29, 1.82) is 0 Å². The molecule has 0 fully saturated rings. The molecule has 5 aromatic heterocycles. The molecule has 4 aromatic carbocycles. The second-order valence-electron chi connectivity index (χ2n) is 10.5. The van der Waals surface area contributed by atoms with E-state index in [4.69, 9.17) is 19.9 Å². The molecule has 0 atom stereocenters. The third-order valence-electron chi connectivity index (χ3n) is 8.10. The Labute approximate surface area is 240 Å². The smallest absolute Gasteiger partial charge is 0.0988 e. The van der Waals surface area contributed by atoms with Crippen molar-refractivity contribution >= 4 is 65.3 Å². The van der Waals surface area contributed by atoms with Gasteiger partial charge < -0.3 is 0 Å². The van der Waals surface area contributed by atoms with Gasteiger partial charge in [0.1, 0.15) is 0 Å². The van der Waals surface area contributed by atoms with Crippen LogP contribution in [0.15, 0.2) is 128 Å². The van der Waals surface area contributed by atoms with Gasteiger partial charge in [-0.15, -0.1) is 0 Å². The van der Waals surface area contributed by atoms with Crippen LogP contribution in [-0.4, -0.2) is 24.9 Å². The van der Waals surface area contributed by atoms with Gasteiger partial charge >= 0.3 is 0 Å². The average molecular weight is 536 g/mol. The van der Waals surface area contributed by atoms with Crippen LogP contribution in [0.5, 0.6) is 0 Å². The predicted molar refractivity (Wildman–Crippen MR) is 171 cm³/mol. The predicted octanol–water partition coefficient (Wildman–Crippen LogP) is 8.91. The molecule has 5 nitrogen and oxygen atoms in total. The van der Waals surface area contributed by atoms with Crippen molar-refractivity contribution in [3.63, 3.8) is 0 Å². The van der Waals surface area contributed by atoms with E-state index in [1.807, 2.05) is 42.7 Å². The lowest BCUT2D eigenvalue weighted by Crippen LogP contribution is -1.96. The number of rotatable bonds is 2. The molecule has 0 bridgehead atoms. The largest absolute Gasteiger partial charge is 0.254 e. The molecule has 194 valence electrons. The van der Waals surface area contributed by atoms with Crippen LogP contribution in [0, 0.1) is 0 Å². The lowest BCUT2D eigenvalue weighted by atomic mass is 9.98. The minimum atomic E-state index is 0.790. The fraction of sp³-hybridized carbons (Fsp3) is 0. The maximum Gasteiger partial charge on any atom is 0.0988 e. The summed E-state index contributed by atoms with van der Waals surface area (Å²) in [5.41, 5.74) is 8.03. The number of aromatic nitrogens is 5. The van der Waals surface area contributed by atoms with Crippen LogP contribution < -0.4 is 0 Å². The van der Waals surface area contributed by atoms with E-state index in [1.165, 1.54) is 0 Å². The van der Waals surface area contributed by atoms with Crippen LogP contribution in [-0.2, 0) is 0 Å². The summed E-state index contributed by atoms with van der Waals surface area (Å²) in [6.07, 6.45) is 3.76. The molecule has 5 heterocycles. The molecule has 9 aromatic rings. The molecule has 0 aliphatic rings.